The summed E-state index contributed by atoms with van der Waals surface area (Å²) in [6.07, 6.45) is 0.827. The molecule has 96 valence electrons. The van der Waals surface area contributed by atoms with Crippen LogP contribution < -0.4 is 10.5 Å². The van der Waals surface area contributed by atoms with Crippen molar-refractivity contribution in [3.8, 4) is 5.75 Å². The molecule has 1 unspecified atom stereocenters. The number of nitrogens with zero attached hydrogens (tertiary/aromatic N) is 1. The summed E-state index contributed by atoms with van der Waals surface area (Å²) in [4.78, 5) is 4.21. The Bertz CT molecular complexity index is 495. The largest absolute Gasteiger partial charge is 0.487 e. The molecule has 0 bridgehead atoms. The van der Waals surface area contributed by atoms with Gasteiger partial charge >= 0.3 is 0 Å². The van der Waals surface area contributed by atoms with Crippen LogP contribution in [0.4, 0.5) is 0 Å². The lowest BCUT2D eigenvalue weighted by molar-refractivity contribution is 0.298. The van der Waals surface area contributed by atoms with E-state index < -0.39 is 0 Å². The Morgan fingerprint density at radius 2 is 2.28 bits per heavy atom. The first-order valence-electron chi connectivity index (χ1n) is 6.00. The first kappa shape index (κ1) is 13.1. The zero-order chi connectivity index (χ0) is 13.0. The predicted molar refractivity (Wildman–Crippen MR) is 75.0 cm³/mol. The second-order valence-electron chi connectivity index (χ2n) is 4.56. The van der Waals surface area contributed by atoms with Gasteiger partial charge in [0.2, 0.25) is 0 Å². The molecular weight excluding hydrogens is 244 g/mol. The fraction of sp³-hybridized carbons (Fsp3) is 0.357. The molecule has 18 heavy (non-hydrogen) atoms. The fourth-order valence-electron chi connectivity index (χ4n) is 1.82. The second kappa shape index (κ2) is 5.98. The van der Waals surface area contributed by atoms with Crippen molar-refractivity contribution in [3.05, 3.63) is 45.9 Å². The fourth-order valence-corrected chi connectivity index (χ4v) is 2.36. The highest BCUT2D eigenvalue weighted by Crippen LogP contribution is 2.22. The summed E-state index contributed by atoms with van der Waals surface area (Å²) in [7, 11) is 0. The van der Waals surface area contributed by atoms with Crippen LogP contribution in [0.2, 0.25) is 0 Å². The average molecular weight is 262 g/mol. The molecule has 0 amide bonds. The zero-order valence-electron chi connectivity index (χ0n) is 10.7. The first-order valence-corrected chi connectivity index (χ1v) is 6.94. The summed E-state index contributed by atoms with van der Waals surface area (Å²) < 4.78 is 5.83. The highest BCUT2D eigenvalue weighted by Gasteiger charge is 2.07. The summed E-state index contributed by atoms with van der Waals surface area (Å²) in [5.74, 6) is 0.908. The quantitative estimate of drug-likeness (QED) is 0.901. The molecule has 1 heterocycles. The van der Waals surface area contributed by atoms with Crippen LogP contribution >= 0.6 is 11.3 Å². The van der Waals surface area contributed by atoms with E-state index in [2.05, 4.69) is 24.0 Å². The average Bonchev–Trinajstić information content (AvgIpc) is 2.80. The van der Waals surface area contributed by atoms with Crippen LogP contribution in [0.3, 0.4) is 0 Å². The summed E-state index contributed by atoms with van der Waals surface area (Å²) >= 11 is 1.58. The van der Waals surface area contributed by atoms with Crippen molar-refractivity contribution < 1.29 is 4.74 Å². The van der Waals surface area contributed by atoms with Crippen molar-refractivity contribution >= 4 is 11.3 Å². The summed E-state index contributed by atoms with van der Waals surface area (Å²) in [6.45, 7) is 4.60. The van der Waals surface area contributed by atoms with Gasteiger partial charge in [-0.2, -0.15) is 0 Å². The number of rotatable bonds is 5. The lowest BCUT2D eigenvalue weighted by Crippen LogP contribution is -2.18. The van der Waals surface area contributed by atoms with E-state index in [1.165, 1.54) is 11.1 Å². The second-order valence-corrected chi connectivity index (χ2v) is 5.28. The molecule has 0 aliphatic heterocycles. The van der Waals surface area contributed by atoms with Gasteiger partial charge in [0.05, 0.1) is 11.2 Å². The van der Waals surface area contributed by atoms with Crippen molar-refractivity contribution in [2.45, 2.75) is 32.9 Å². The Balaban J connectivity index is 2.10. The van der Waals surface area contributed by atoms with Crippen LogP contribution in [0.5, 0.6) is 5.75 Å². The van der Waals surface area contributed by atoms with Gasteiger partial charge in [-0.3, -0.25) is 0 Å². The lowest BCUT2D eigenvalue weighted by atomic mass is 10.0. The van der Waals surface area contributed by atoms with Crippen molar-refractivity contribution in [3.63, 3.8) is 0 Å². The molecule has 0 saturated heterocycles. The molecule has 1 atom stereocenters. The Kier molecular flexibility index (Phi) is 4.33. The van der Waals surface area contributed by atoms with Gasteiger partial charge in [0.1, 0.15) is 12.4 Å². The SMILES string of the molecule is Cc1ccc(OCc2cscn2)c(CC(C)N)c1. The van der Waals surface area contributed by atoms with Crippen molar-refractivity contribution in [1.29, 1.82) is 0 Å². The number of aryl methyl sites for hydroxylation is 1. The van der Waals surface area contributed by atoms with Crippen LogP contribution in [-0.4, -0.2) is 11.0 Å². The third kappa shape index (κ3) is 3.55. The Morgan fingerprint density at radius 1 is 1.44 bits per heavy atom. The van der Waals surface area contributed by atoms with Crippen molar-refractivity contribution in [1.82, 2.24) is 4.98 Å². The normalized spacial score (nSPS) is 12.4. The molecule has 0 radical (unpaired) electrons. The maximum Gasteiger partial charge on any atom is 0.131 e. The van der Waals surface area contributed by atoms with Gasteiger partial charge in [0, 0.05) is 11.4 Å². The molecule has 0 saturated carbocycles. The highest BCUT2D eigenvalue weighted by atomic mass is 32.1. The van der Waals surface area contributed by atoms with Gasteiger partial charge in [-0.25, -0.2) is 4.98 Å². The van der Waals surface area contributed by atoms with Gasteiger partial charge in [0.15, 0.2) is 0 Å². The standard InChI is InChI=1S/C14H18N2OS/c1-10-3-4-14(12(5-10)6-11(2)15)17-7-13-8-18-9-16-13/h3-5,8-9,11H,6-7,15H2,1-2H3. The summed E-state index contributed by atoms with van der Waals surface area (Å²) in [6, 6.07) is 6.34. The van der Waals surface area contributed by atoms with E-state index >= 15 is 0 Å². The molecular formula is C14H18N2OS. The number of hydrogen-bond acceptors (Lipinski definition) is 4. The molecule has 0 aliphatic carbocycles. The number of benzene rings is 1. The maximum atomic E-state index is 5.87. The minimum absolute atomic E-state index is 0.133. The number of thiazole rings is 1. The first-order chi connectivity index (χ1) is 8.65. The van der Waals surface area contributed by atoms with E-state index in [1.54, 1.807) is 11.3 Å². The predicted octanol–water partition coefficient (Wildman–Crippen LogP) is 2.92. The van der Waals surface area contributed by atoms with Gasteiger partial charge in [-0.15, -0.1) is 11.3 Å². The van der Waals surface area contributed by atoms with Crippen LogP contribution in [0, 0.1) is 6.92 Å². The van der Waals surface area contributed by atoms with Gasteiger partial charge in [0.25, 0.3) is 0 Å². The number of nitrogens with two attached hydrogens (primary N) is 1. The van der Waals surface area contributed by atoms with E-state index in [1.807, 2.05) is 23.9 Å². The molecule has 0 spiro atoms. The molecule has 2 rings (SSSR count). The zero-order valence-corrected chi connectivity index (χ0v) is 11.5. The molecule has 0 aliphatic rings. The molecule has 1 aromatic carbocycles. The Hall–Kier alpha value is -1.39. The van der Waals surface area contributed by atoms with Gasteiger partial charge in [-0.1, -0.05) is 17.7 Å². The molecule has 0 fully saturated rings. The summed E-state index contributed by atoms with van der Waals surface area (Å²) in [5, 5.41) is 2.00. The van der Waals surface area contributed by atoms with E-state index in [0.717, 1.165) is 17.9 Å². The highest BCUT2D eigenvalue weighted by molar-refractivity contribution is 7.07. The molecule has 3 nitrogen and oxygen atoms in total. The number of hydrogen-bond donors (Lipinski definition) is 1. The summed E-state index contributed by atoms with van der Waals surface area (Å²) in [5.41, 5.74) is 11.0. The van der Waals surface area contributed by atoms with Gasteiger partial charge in [-0.05, 0) is 31.9 Å². The number of ether oxygens (including phenoxy) is 1. The van der Waals surface area contributed by atoms with Crippen molar-refractivity contribution in [2.24, 2.45) is 5.73 Å². The molecule has 2 aromatic rings. The lowest BCUT2D eigenvalue weighted by Gasteiger charge is -2.13. The van der Waals surface area contributed by atoms with E-state index in [-0.39, 0.29) is 6.04 Å². The Labute approximate surface area is 112 Å². The smallest absolute Gasteiger partial charge is 0.131 e. The minimum Gasteiger partial charge on any atom is -0.487 e. The Morgan fingerprint density at radius 3 is 2.94 bits per heavy atom. The molecule has 1 aromatic heterocycles. The number of aromatic nitrogens is 1. The van der Waals surface area contributed by atoms with E-state index in [9.17, 15) is 0 Å². The molecule has 4 heteroatoms. The van der Waals surface area contributed by atoms with E-state index in [4.69, 9.17) is 10.5 Å². The van der Waals surface area contributed by atoms with Crippen LogP contribution in [0.15, 0.2) is 29.1 Å². The van der Waals surface area contributed by atoms with Crippen LogP contribution in [0.1, 0.15) is 23.7 Å². The monoisotopic (exact) mass is 262 g/mol. The van der Waals surface area contributed by atoms with Crippen LogP contribution in [-0.2, 0) is 13.0 Å². The third-order valence-corrected chi connectivity index (χ3v) is 3.25. The van der Waals surface area contributed by atoms with Crippen LogP contribution in [0.25, 0.3) is 0 Å². The van der Waals surface area contributed by atoms with Gasteiger partial charge < -0.3 is 10.5 Å². The van der Waals surface area contributed by atoms with E-state index in [0.29, 0.717) is 6.61 Å². The topological polar surface area (TPSA) is 48.1 Å². The van der Waals surface area contributed by atoms with Crippen molar-refractivity contribution in [2.75, 3.05) is 0 Å². The third-order valence-electron chi connectivity index (χ3n) is 2.62. The molecule has 2 N–H and O–H groups in total. The maximum absolute atomic E-state index is 5.87. The minimum atomic E-state index is 0.133.